The summed E-state index contributed by atoms with van der Waals surface area (Å²) in [5, 5.41) is 0. The van der Waals surface area contributed by atoms with E-state index in [9.17, 15) is 0 Å². The molecule has 2 aromatic rings. The van der Waals surface area contributed by atoms with Gasteiger partial charge in [0.1, 0.15) is 5.75 Å². The number of nitrogens with zero attached hydrogens (tertiary/aromatic N) is 2. The number of aryl methyl sites for hydroxylation is 1. The minimum Gasteiger partial charge on any atom is -0.496 e. The second-order valence-corrected chi connectivity index (χ2v) is 4.86. The molecule has 0 aliphatic carbocycles. The molecule has 0 aliphatic heterocycles. The third-order valence-electron chi connectivity index (χ3n) is 3.04. The Morgan fingerprint density at radius 3 is 2.78 bits per heavy atom. The number of methoxy groups -OCH3 is 1. The lowest BCUT2D eigenvalue weighted by molar-refractivity contribution is 0.416. The van der Waals surface area contributed by atoms with Crippen molar-refractivity contribution in [2.45, 2.75) is 26.8 Å². The lowest BCUT2D eigenvalue weighted by Crippen LogP contribution is -2.02. The van der Waals surface area contributed by atoms with Crippen molar-refractivity contribution in [1.29, 1.82) is 0 Å². The first-order chi connectivity index (χ1) is 8.72. The first-order valence-electron chi connectivity index (χ1n) is 6.36. The smallest absolute Gasteiger partial charge is 0.128 e. The molecule has 0 spiro atoms. The Bertz CT molecular complexity index is 503. The van der Waals surface area contributed by atoms with Crippen LogP contribution in [0.4, 0.5) is 0 Å². The van der Waals surface area contributed by atoms with Gasteiger partial charge in [0.25, 0.3) is 0 Å². The van der Waals surface area contributed by atoms with Crippen LogP contribution in [0.5, 0.6) is 5.75 Å². The van der Waals surface area contributed by atoms with Crippen LogP contribution in [-0.2, 0) is 6.54 Å². The molecule has 0 radical (unpaired) electrons. The van der Waals surface area contributed by atoms with Crippen LogP contribution in [0, 0.1) is 5.92 Å². The SMILES string of the molecule is COc1ccccc1-c1cncn1CCC(C)C. The van der Waals surface area contributed by atoms with Gasteiger partial charge in [0.05, 0.1) is 25.3 Å². The maximum Gasteiger partial charge on any atom is 0.128 e. The summed E-state index contributed by atoms with van der Waals surface area (Å²) in [5.74, 6) is 1.58. The fourth-order valence-electron chi connectivity index (χ4n) is 1.98. The molecule has 96 valence electrons. The molecule has 1 aromatic carbocycles. The van der Waals surface area contributed by atoms with E-state index in [4.69, 9.17) is 4.74 Å². The maximum atomic E-state index is 5.41. The van der Waals surface area contributed by atoms with Crippen molar-refractivity contribution < 1.29 is 4.74 Å². The highest BCUT2D eigenvalue weighted by atomic mass is 16.5. The van der Waals surface area contributed by atoms with Crippen molar-refractivity contribution in [2.75, 3.05) is 7.11 Å². The van der Waals surface area contributed by atoms with E-state index in [1.807, 2.05) is 30.7 Å². The number of hydrogen-bond donors (Lipinski definition) is 0. The maximum absolute atomic E-state index is 5.41. The zero-order valence-corrected chi connectivity index (χ0v) is 11.3. The van der Waals surface area contributed by atoms with Gasteiger partial charge in [0.15, 0.2) is 0 Å². The normalized spacial score (nSPS) is 10.9. The molecule has 18 heavy (non-hydrogen) atoms. The molecule has 0 unspecified atom stereocenters. The van der Waals surface area contributed by atoms with Crippen LogP contribution >= 0.6 is 0 Å². The predicted molar refractivity (Wildman–Crippen MR) is 73.7 cm³/mol. The van der Waals surface area contributed by atoms with Gasteiger partial charge in [-0.25, -0.2) is 4.98 Å². The first-order valence-corrected chi connectivity index (χ1v) is 6.36. The van der Waals surface area contributed by atoms with E-state index >= 15 is 0 Å². The molecule has 0 atom stereocenters. The summed E-state index contributed by atoms with van der Waals surface area (Å²) in [6, 6.07) is 8.06. The van der Waals surface area contributed by atoms with Crippen LogP contribution in [0.2, 0.25) is 0 Å². The molecule has 3 nitrogen and oxygen atoms in total. The van der Waals surface area contributed by atoms with E-state index in [2.05, 4.69) is 29.5 Å². The zero-order valence-electron chi connectivity index (χ0n) is 11.3. The number of imidazole rings is 1. The van der Waals surface area contributed by atoms with Crippen molar-refractivity contribution in [3.05, 3.63) is 36.8 Å². The van der Waals surface area contributed by atoms with Gasteiger partial charge in [0, 0.05) is 12.1 Å². The Morgan fingerprint density at radius 1 is 1.28 bits per heavy atom. The van der Waals surface area contributed by atoms with Crippen LogP contribution in [0.15, 0.2) is 36.8 Å². The fraction of sp³-hybridized carbons (Fsp3) is 0.400. The highest BCUT2D eigenvalue weighted by molar-refractivity contribution is 5.66. The Labute approximate surface area is 108 Å². The third-order valence-corrected chi connectivity index (χ3v) is 3.04. The van der Waals surface area contributed by atoms with E-state index in [-0.39, 0.29) is 0 Å². The minimum absolute atomic E-state index is 0.693. The third kappa shape index (κ3) is 2.73. The van der Waals surface area contributed by atoms with Gasteiger partial charge in [-0.1, -0.05) is 26.0 Å². The molecule has 0 fully saturated rings. The monoisotopic (exact) mass is 244 g/mol. The van der Waals surface area contributed by atoms with Crippen LogP contribution < -0.4 is 4.74 Å². The lowest BCUT2D eigenvalue weighted by Gasteiger charge is -2.12. The highest BCUT2D eigenvalue weighted by Gasteiger charge is 2.10. The average molecular weight is 244 g/mol. The number of aromatic nitrogens is 2. The molecule has 1 aromatic heterocycles. The van der Waals surface area contributed by atoms with Crippen molar-refractivity contribution in [3.8, 4) is 17.0 Å². The second-order valence-electron chi connectivity index (χ2n) is 4.86. The van der Waals surface area contributed by atoms with Crippen molar-refractivity contribution in [3.63, 3.8) is 0 Å². The van der Waals surface area contributed by atoms with Gasteiger partial charge in [0.2, 0.25) is 0 Å². The summed E-state index contributed by atoms with van der Waals surface area (Å²) in [7, 11) is 1.70. The molecule has 0 saturated carbocycles. The summed E-state index contributed by atoms with van der Waals surface area (Å²) in [6.45, 7) is 5.46. The van der Waals surface area contributed by atoms with E-state index < -0.39 is 0 Å². The zero-order chi connectivity index (χ0) is 13.0. The summed E-state index contributed by atoms with van der Waals surface area (Å²) in [4.78, 5) is 4.26. The van der Waals surface area contributed by atoms with Gasteiger partial charge < -0.3 is 9.30 Å². The van der Waals surface area contributed by atoms with E-state index in [0.29, 0.717) is 5.92 Å². The van der Waals surface area contributed by atoms with Gasteiger partial charge in [-0.2, -0.15) is 0 Å². The molecular weight excluding hydrogens is 224 g/mol. The first kappa shape index (κ1) is 12.7. The minimum atomic E-state index is 0.693. The number of para-hydroxylation sites is 1. The molecule has 0 bridgehead atoms. The Kier molecular flexibility index (Phi) is 4.03. The van der Waals surface area contributed by atoms with E-state index in [0.717, 1.165) is 30.0 Å². The van der Waals surface area contributed by atoms with Crippen LogP contribution in [0.3, 0.4) is 0 Å². The molecule has 1 heterocycles. The van der Waals surface area contributed by atoms with Crippen LogP contribution in [0.1, 0.15) is 20.3 Å². The highest BCUT2D eigenvalue weighted by Crippen LogP contribution is 2.29. The topological polar surface area (TPSA) is 27.1 Å². The summed E-state index contributed by atoms with van der Waals surface area (Å²) in [5.41, 5.74) is 2.22. The molecule has 0 aliphatic rings. The standard InChI is InChI=1S/C15H20N2O/c1-12(2)8-9-17-11-16-10-14(17)13-6-4-5-7-15(13)18-3/h4-7,10-12H,8-9H2,1-3H3. The predicted octanol–water partition coefficient (Wildman–Crippen LogP) is 3.60. The molecule has 0 saturated heterocycles. The van der Waals surface area contributed by atoms with Gasteiger partial charge in [-0.05, 0) is 24.5 Å². The van der Waals surface area contributed by atoms with Gasteiger partial charge in [-0.3, -0.25) is 0 Å². The molecule has 3 heteroatoms. The van der Waals surface area contributed by atoms with Gasteiger partial charge in [-0.15, -0.1) is 0 Å². The average Bonchev–Trinajstić information content (AvgIpc) is 2.84. The number of ether oxygens (including phenoxy) is 1. The van der Waals surface area contributed by atoms with Crippen molar-refractivity contribution in [2.24, 2.45) is 5.92 Å². The van der Waals surface area contributed by atoms with E-state index in [1.54, 1.807) is 7.11 Å². The Hall–Kier alpha value is -1.77. The van der Waals surface area contributed by atoms with E-state index in [1.165, 1.54) is 0 Å². The summed E-state index contributed by atoms with van der Waals surface area (Å²) < 4.78 is 7.60. The summed E-state index contributed by atoms with van der Waals surface area (Å²) >= 11 is 0. The van der Waals surface area contributed by atoms with Crippen molar-refractivity contribution >= 4 is 0 Å². The molecule has 0 N–H and O–H groups in total. The number of hydrogen-bond acceptors (Lipinski definition) is 2. The molecule has 0 amide bonds. The van der Waals surface area contributed by atoms with Crippen molar-refractivity contribution in [1.82, 2.24) is 9.55 Å². The molecule has 2 rings (SSSR count). The molecular formula is C15H20N2O. The van der Waals surface area contributed by atoms with Crippen LogP contribution in [-0.4, -0.2) is 16.7 Å². The second kappa shape index (κ2) is 5.71. The quantitative estimate of drug-likeness (QED) is 0.803. The number of benzene rings is 1. The van der Waals surface area contributed by atoms with Gasteiger partial charge >= 0.3 is 0 Å². The Balaban J connectivity index is 2.30. The van der Waals surface area contributed by atoms with Crippen LogP contribution in [0.25, 0.3) is 11.3 Å². The number of rotatable bonds is 5. The Morgan fingerprint density at radius 2 is 2.06 bits per heavy atom. The largest absolute Gasteiger partial charge is 0.496 e. The fourth-order valence-corrected chi connectivity index (χ4v) is 1.98. The lowest BCUT2D eigenvalue weighted by atomic mass is 10.1. The summed E-state index contributed by atoms with van der Waals surface area (Å²) in [6.07, 6.45) is 4.95.